The molecule has 0 aliphatic carbocycles. The fourth-order valence-corrected chi connectivity index (χ4v) is 3.39. The fourth-order valence-electron chi connectivity index (χ4n) is 2.18. The van der Waals surface area contributed by atoms with Crippen LogP contribution in [0.3, 0.4) is 0 Å². The van der Waals surface area contributed by atoms with E-state index < -0.39 is 0 Å². The van der Waals surface area contributed by atoms with Gasteiger partial charge in [0.15, 0.2) is 11.5 Å². The number of aryl methyl sites for hydroxylation is 2. The quantitative estimate of drug-likeness (QED) is 0.918. The van der Waals surface area contributed by atoms with Crippen LogP contribution in [-0.2, 0) is 6.42 Å². The van der Waals surface area contributed by atoms with Crippen LogP contribution in [0.4, 0.5) is 5.69 Å². The molecule has 6 heteroatoms. The number of fused-ring (bicyclic) bond motifs is 1. The highest BCUT2D eigenvalue weighted by Crippen LogP contribution is 2.39. The molecule has 0 atom stereocenters. The molecule has 1 aromatic carbocycles. The van der Waals surface area contributed by atoms with E-state index >= 15 is 0 Å². The van der Waals surface area contributed by atoms with Gasteiger partial charge in [0.25, 0.3) is 5.91 Å². The summed E-state index contributed by atoms with van der Waals surface area (Å²) in [6.07, 6.45) is 0.917. The lowest BCUT2D eigenvalue weighted by molar-refractivity contribution is 0.103. The summed E-state index contributed by atoms with van der Waals surface area (Å²) in [4.78, 5) is 14.2. The Bertz CT molecular complexity index is 711. The molecule has 0 bridgehead atoms. The average molecular weight is 324 g/mol. The van der Waals surface area contributed by atoms with Crippen molar-refractivity contribution in [1.82, 2.24) is 0 Å². The van der Waals surface area contributed by atoms with Gasteiger partial charge in [-0.25, -0.2) is 0 Å². The molecule has 0 radical (unpaired) electrons. The first-order chi connectivity index (χ1) is 10.1. The largest absolute Gasteiger partial charge is 0.454 e. The zero-order valence-corrected chi connectivity index (χ0v) is 13.2. The van der Waals surface area contributed by atoms with E-state index in [9.17, 15) is 4.79 Å². The Balaban J connectivity index is 1.84. The molecule has 1 aromatic heterocycles. The van der Waals surface area contributed by atoms with Crippen molar-refractivity contribution in [1.29, 1.82) is 0 Å². The predicted octanol–water partition coefficient (Wildman–Crippen LogP) is 4.25. The first-order valence-electron chi connectivity index (χ1n) is 6.58. The van der Waals surface area contributed by atoms with E-state index in [4.69, 9.17) is 21.1 Å². The molecular weight excluding hydrogens is 310 g/mol. The number of hydrogen-bond donors (Lipinski definition) is 1. The normalized spacial score (nSPS) is 12.5. The van der Waals surface area contributed by atoms with Crippen molar-refractivity contribution in [2.24, 2.45) is 0 Å². The molecule has 21 heavy (non-hydrogen) atoms. The van der Waals surface area contributed by atoms with Crippen LogP contribution in [0.2, 0.25) is 5.02 Å². The van der Waals surface area contributed by atoms with Crippen LogP contribution < -0.4 is 14.8 Å². The van der Waals surface area contributed by atoms with Gasteiger partial charge in [-0.05, 0) is 25.0 Å². The van der Waals surface area contributed by atoms with Crippen LogP contribution >= 0.6 is 22.9 Å². The van der Waals surface area contributed by atoms with E-state index in [1.807, 2.05) is 13.0 Å². The smallest absolute Gasteiger partial charge is 0.265 e. The lowest BCUT2D eigenvalue weighted by Crippen LogP contribution is -2.10. The predicted molar refractivity (Wildman–Crippen MR) is 84.0 cm³/mol. The molecule has 1 N–H and O–H groups in total. The Morgan fingerprint density at radius 3 is 2.71 bits per heavy atom. The highest BCUT2D eigenvalue weighted by Gasteiger charge is 2.19. The van der Waals surface area contributed by atoms with Crippen molar-refractivity contribution < 1.29 is 14.3 Å². The molecule has 0 fully saturated rings. The van der Waals surface area contributed by atoms with Crippen molar-refractivity contribution in [3.05, 3.63) is 38.5 Å². The second-order valence-corrected chi connectivity index (χ2v) is 6.35. The lowest BCUT2D eigenvalue weighted by Gasteiger charge is -2.07. The zero-order chi connectivity index (χ0) is 15.0. The van der Waals surface area contributed by atoms with E-state index in [1.165, 1.54) is 21.8 Å². The number of anilines is 1. The minimum Gasteiger partial charge on any atom is -0.454 e. The number of hydrogen-bond acceptors (Lipinski definition) is 4. The van der Waals surface area contributed by atoms with E-state index in [0.29, 0.717) is 27.1 Å². The SMILES string of the molecule is CCc1cc(C(=O)Nc2cc3c(cc2Cl)OCO3)sc1C. The number of rotatable bonds is 3. The number of benzene rings is 1. The Kier molecular flexibility index (Phi) is 3.78. The van der Waals surface area contributed by atoms with Crippen LogP contribution in [0.25, 0.3) is 0 Å². The second kappa shape index (κ2) is 5.58. The number of carbonyl (C=O) groups excluding carboxylic acids is 1. The number of carbonyl (C=O) groups is 1. The second-order valence-electron chi connectivity index (χ2n) is 4.69. The van der Waals surface area contributed by atoms with Crippen molar-refractivity contribution in [2.75, 3.05) is 12.1 Å². The number of thiophene rings is 1. The molecule has 1 amide bonds. The third-order valence-corrected chi connectivity index (χ3v) is 4.74. The molecule has 2 heterocycles. The van der Waals surface area contributed by atoms with Crippen molar-refractivity contribution in [2.45, 2.75) is 20.3 Å². The Morgan fingerprint density at radius 2 is 2.05 bits per heavy atom. The number of nitrogens with one attached hydrogen (secondary N) is 1. The molecule has 3 rings (SSSR count). The van der Waals surface area contributed by atoms with Gasteiger partial charge in [-0.1, -0.05) is 18.5 Å². The van der Waals surface area contributed by atoms with Gasteiger partial charge in [0.2, 0.25) is 6.79 Å². The van der Waals surface area contributed by atoms with Gasteiger partial charge in [-0.15, -0.1) is 11.3 Å². The minimum atomic E-state index is -0.163. The summed E-state index contributed by atoms with van der Waals surface area (Å²) in [5.74, 6) is 1.02. The molecule has 1 aliphatic rings. The summed E-state index contributed by atoms with van der Waals surface area (Å²) >= 11 is 7.64. The standard InChI is InChI=1S/C15H14ClNO3S/c1-3-9-4-14(21-8(9)2)15(18)17-11-6-13-12(5-10(11)16)19-7-20-13/h4-6H,3,7H2,1-2H3,(H,17,18). The first-order valence-corrected chi connectivity index (χ1v) is 7.77. The monoisotopic (exact) mass is 323 g/mol. The first kappa shape index (κ1) is 14.2. The summed E-state index contributed by atoms with van der Waals surface area (Å²) < 4.78 is 10.5. The summed E-state index contributed by atoms with van der Waals surface area (Å²) in [5, 5.41) is 3.25. The van der Waals surface area contributed by atoms with Crippen molar-refractivity contribution in [3.8, 4) is 11.5 Å². The molecule has 0 spiro atoms. The number of amides is 1. The van der Waals surface area contributed by atoms with E-state index in [2.05, 4.69) is 12.2 Å². The van der Waals surface area contributed by atoms with E-state index in [0.717, 1.165) is 6.42 Å². The third-order valence-electron chi connectivity index (χ3n) is 3.34. The van der Waals surface area contributed by atoms with Gasteiger partial charge in [0, 0.05) is 17.0 Å². The Hall–Kier alpha value is -1.72. The molecular formula is C15H14ClNO3S. The van der Waals surface area contributed by atoms with Crippen LogP contribution in [0.1, 0.15) is 27.0 Å². The molecule has 0 saturated carbocycles. The summed E-state index contributed by atoms with van der Waals surface area (Å²) in [6, 6.07) is 5.26. The fraction of sp³-hybridized carbons (Fsp3) is 0.267. The van der Waals surface area contributed by atoms with Crippen LogP contribution in [0.5, 0.6) is 11.5 Å². The molecule has 110 valence electrons. The maximum Gasteiger partial charge on any atom is 0.265 e. The van der Waals surface area contributed by atoms with Crippen molar-refractivity contribution >= 4 is 34.5 Å². The third kappa shape index (κ3) is 2.71. The van der Waals surface area contributed by atoms with Gasteiger partial charge >= 0.3 is 0 Å². The number of ether oxygens (including phenoxy) is 2. The van der Waals surface area contributed by atoms with E-state index in [-0.39, 0.29) is 12.7 Å². The van der Waals surface area contributed by atoms with Crippen LogP contribution in [0.15, 0.2) is 18.2 Å². The maximum absolute atomic E-state index is 12.3. The van der Waals surface area contributed by atoms with Gasteiger partial charge in [0.05, 0.1) is 15.6 Å². The molecule has 2 aromatic rings. The highest BCUT2D eigenvalue weighted by molar-refractivity contribution is 7.14. The molecule has 0 unspecified atom stereocenters. The Labute approximate surface area is 131 Å². The number of halogens is 1. The molecule has 1 aliphatic heterocycles. The van der Waals surface area contributed by atoms with Gasteiger partial charge in [0.1, 0.15) is 0 Å². The molecule has 4 nitrogen and oxygen atoms in total. The van der Waals surface area contributed by atoms with E-state index in [1.54, 1.807) is 12.1 Å². The van der Waals surface area contributed by atoms with Crippen LogP contribution in [-0.4, -0.2) is 12.7 Å². The Morgan fingerprint density at radius 1 is 1.33 bits per heavy atom. The summed E-state index contributed by atoms with van der Waals surface area (Å²) in [7, 11) is 0. The van der Waals surface area contributed by atoms with Gasteiger partial charge in [-0.3, -0.25) is 4.79 Å². The average Bonchev–Trinajstić information content (AvgIpc) is 3.05. The van der Waals surface area contributed by atoms with Gasteiger partial charge in [-0.2, -0.15) is 0 Å². The zero-order valence-electron chi connectivity index (χ0n) is 11.7. The summed E-state index contributed by atoms with van der Waals surface area (Å²) in [6.45, 7) is 4.27. The van der Waals surface area contributed by atoms with Crippen molar-refractivity contribution in [3.63, 3.8) is 0 Å². The van der Waals surface area contributed by atoms with Gasteiger partial charge < -0.3 is 14.8 Å². The topological polar surface area (TPSA) is 47.6 Å². The van der Waals surface area contributed by atoms with Crippen LogP contribution in [0, 0.1) is 6.92 Å². The maximum atomic E-state index is 12.3. The highest BCUT2D eigenvalue weighted by atomic mass is 35.5. The minimum absolute atomic E-state index is 0.163. The molecule has 0 saturated heterocycles. The lowest BCUT2D eigenvalue weighted by atomic mass is 10.2. The summed E-state index contributed by atoms with van der Waals surface area (Å²) in [5.41, 5.74) is 1.72.